The van der Waals surface area contributed by atoms with Crippen molar-refractivity contribution >= 4 is 5.69 Å². The highest BCUT2D eigenvalue weighted by Gasteiger charge is 2.09. The number of hydrogen-bond donors (Lipinski definition) is 1. The Morgan fingerprint density at radius 1 is 1.44 bits per heavy atom. The van der Waals surface area contributed by atoms with Gasteiger partial charge in [-0.05, 0) is 18.6 Å². The zero-order valence-corrected chi connectivity index (χ0v) is 9.32. The number of ether oxygens (including phenoxy) is 1. The molecule has 4 nitrogen and oxygen atoms in total. The summed E-state index contributed by atoms with van der Waals surface area (Å²) in [7, 11) is 1.54. The van der Waals surface area contributed by atoms with E-state index in [1.165, 1.54) is 7.11 Å². The van der Waals surface area contributed by atoms with Gasteiger partial charge in [-0.3, -0.25) is 0 Å². The van der Waals surface area contributed by atoms with E-state index in [2.05, 4.69) is 11.4 Å². The van der Waals surface area contributed by atoms with Crippen molar-refractivity contribution in [2.75, 3.05) is 12.4 Å². The van der Waals surface area contributed by atoms with Crippen LogP contribution in [-0.4, -0.2) is 13.2 Å². The number of nitrogens with zero attached hydrogens (tertiary/aromatic N) is 2. The second kappa shape index (κ2) is 5.63. The van der Waals surface area contributed by atoms with Crippen molar-refractivity contribution in [3.63, 3.8) is 0 Å². The zero-order valence-electron chi connectivity index (χ0n) is 9.32. The second-order valence-electron chi connectivity index (χ2n) is 3.26. The fraction of sp³-hybridized carbons (Fsp3) is 0.333. The highest BCUT2D eigenvalue weighted by Crippen LogP contribution is 2.26. The predicted molar refractivity (Wildman–Crippen MR) is 61.0 cm³/mol. The first-order valence-electron chi connectivity index (χ1n) is 4.99. The largest absolute Gasteiger partial charge is 0.495 e. The van der Waals surface area contributed by atoms with Gasteiger partial charge in [-0.15, -0.1) is 0 Å². The summed E-state index contributed by atoms with van der Waals surface area (Å²) in [6.45, 7) is 1.93. The van der Waals surface area contributed by atoms with Crippen LogP contribution in [0.2, 0.25) is 0 Å². The van der Waals surface area contributed by atoms with Crippen LogP contribution in [-0.2, 0) is 0 Å². The third-order valence-corrected chi connectivity index (χ3v) is 2.22. The number of nitriles is 2. The molecule has 1 rings (SSSR count). The zero-order chi connectivity index (χ0) is 12.0. The Kier molecular flexibility index (Phi) is 4.17. The van der Waals surface area contributed by atoms with Gasteiger partial charge in [0.05, 0.1) is 30.5 Å². The molecule has 0 saturated carbocycles. The molecule has 0 bridgehead atoms. The minimum Gasteiger partial charge on any atom is -0.495 e. The standard InChI is InChI=1S/C12H13N3O/c1-3-10(8-14)15-11-5-4-9(7-13)6-12(11)16-2/h4-6,10,15H,3H2,1-2H3. The number of anilines is 1. The molecule has 0 spiro atoms. The number of nitrogens with one attached hydrogen (secondary N) is 1. The normalized spacial score (nSPS) is 11.0. The lowest BCUT2D eigenvalue weighted by molar-refractivity contribution is 0.416. The van der Waals surface area contributed by atoms with Crippen molar-refractivity contribution in [1.29, 1.82) is 10.5 Å². The van der Waals surface area contributed by atoms with Gasteiger partial charge in [0.25, 0.3) is 0 Å². The molecule has 0 fully saturated rings. The molecule has 1 aromatic carbocycles. The van der Waals surface area contributed by atoms with Crippen molar-refractivity contribution in [2.24, 2.45) is 0 Å². The van der Waals surface area contributed by atoms with Crippen molar-refractivity contribution in [3.05, 3.63) is 23.8 Å². The second-order valence-corrected chi connectivity index (χ2v) is 3.26. The number of hydrogen-bond acceptors (Lipinski definition) is 4. The lowest BCUT2D eigenvalue weighted by atomic mass is 10.1. The summed E-state index contributed by atoms with van der Waals surface area (Å²) in [6, 6.07) is 9.02. The number of methoxy groups -OCH3 is 1. The van der Waals surface area contributed by atoms with Crippen LogP contribution in [0.15, 0.2) is 18.2 Å². The summed E-state index contributed by atoms with van der Waals surface area (Å²) < 4.78 is 5.15. The maximum atomic E-state index is 8.85. The van der Waals surface area contributed by atoms with Crippen LogP contribution < -0.4 is 10.1 Å². The molecule has 1 unspecified atom stereocenters. The minimum atomic E-state index is -0.248. The van der Waals surface area contributed by atoms with E-state index < -0.39 is 0 Å². The Morgan fingerprint density at radius 3 is 2.69 bits per heavy atom. The lowest BCUT2D eigenvalue weighted by Gasteiger charge is -2.14. The molecule has 0 radical (unpaired) electrons. The van der Waals surface area contributed by atoms with Gasteiger partial charge in [-0.1, -0.05) is 6.92 Å². The molecule has 0 aliphatic carbocycles. The van der Waals surface area contributed by atoms with Crippen LogP contribution in [0.5, 0.6) is 5.75 Å². The van der Waals surface area contributed by atoms with E-state index >= 15 is 0 Å². The van der Waals surface area contributed by atoms with E-state index in [4.69, 9.17) is 15.3 Å². The van der Waals surface area contributed by atoms with Crippen LogP contribution in [0, 0.1) is 22.7 Å². The number of benzene rings is 1. The van der Waals surface area contributed by atoms with E-state index in [1.807, 2.05) is 13.0 Å². The molecule has 0 aliphatic rings. The molecular weight excluding hydrogens is 202 g/mol. The quantitative estimate of drug-likeness (QED) is 0.836. The van der Waals surface area contributed by atoms with Crippen LogP contribution in [0.3, 0.4) is 0 Å². The van der Waals surface area contributed by atoms with Gasteiger partial charge in [-0.25, -0.2) is 0 Å². The molecule has 0 aliphatic heterocycles. The summed E-state index contributed by atoms with van der Waals surface area (Å²) in [6.07, 6.45) is 0.708. The van der Waals surface area contributed by atoms with Gasteiger partial charge in [0.15, 0.2) is 0 Å². The fourth-order valence-electron chi connectivity index (χ4n) is 1.29. The summed E-state index contributed by atoms with van der Waals surface area (Å²) in [5, 5.41) is 20.6. The van der Waals surface area contributed by atoms with Crippen LogP contribution in [0.4, 0.5) is 5.69 Å². The molecule has 82 valence electrons. The van der Waals surface area contributed by atoms with Gasteiger partial charge >= 0.3 is 0 Å². The van der Waals surface area contributed by atoms with Crippen molar-refractivity contribution < 1.29 is 4.74 Å². The molecule has 0 saturated heterocycles. The van der Waals surface area contributed by atoms with Gasteiger partial charge in [-0.2, -0.15) is 10.5 Å². The first-order valence-corrected chi connectivity index (χ1v) is 4.99. The smallest absolute Gasteiger partial charge is 0.143 e. The summed E-state index contributed by atoms with van der Waals surface area (Å²) >= 11 is 0. The van der Waals surface area contributed by atoms with E-state index in [9.17, 15) is 0 Å². The van der Waals surface area contributed by atoms with Gasteiger partial charge < -0.3 is 10.1 Å². The van der Waals surface area contributed by atoms with Crippen LogP contribution >= 0.6 is 0 Å². The average molecular weight is 215 g/mol. The Labute approximate surface area is 95.1 Å². The Bertz CT molecular complexity index is 443. The topological polar surface area (TPSA) is 68.8 Å². The van der Waals surface area contributed by atoms with Crippen LogP contribution in [0.1, 0.15) is 18.9 Å². The SMILES string of the molecule is CCC(C#N)Nc1ccc(C#N)cc1OC. The van der Waals surface area contributed by atoms with Crippen molar-refractivity contribution in [2.45, 2.75) is 19.4 Å². The summed E-state index contributed by atoms with van der Waals surface area (Å²) in [5.74, 6) is 0.577. The molecular formula is C12H13N3O. The van der Waals surface area contributed by atoms with E-state index in [1.54, 1.807) is 18.2 Å². The minimum absolute atomic E-state index is 0.248. The molecule has 1 N–H and O–H groups in total. The Hall–Kier alpha value is -2.20. The van der Waals surface area contributed by atoms with Crippen molar-refractivity contribution in [1.82, 2.24) is 0 Å². The number of rotatable bonds is 4. The maximum absolute atomic E-state index is 8.85. The monoisotopic (exact) mass is 215 g/mol. The highest BCUT2D eigenvalue weighted by atomic mass is 16.5. The molecule has 4 heteroatoms. The summed E-state index contributed by atoms with van der Waals surface area (Å²) in [5.41, 5.74) is 1.27. The average Bonchev–Trinajstić information content (AvgIpc) is 2.35. The summed E-state index contributed by atoms with van der Waals surface area (Å²) in [4.78, 5) is 0. The lowest BCUT2D eigenvalue weighted by Crippen LogP contribution is -2.16. The third kappa shape index (κ3) is 2.65. The Balaban J connectivity index is 2.97. The molecule has 0 amide bonds. The first kappa shape index (κ1) is 11.9. The van der Waals surface area contributed by atoms with Crippen molar-refractivity contribution in [3.8, 4) is 17.9 Å². The molecule has 1 atom stereocenters. The van der Waals surface area contributed by atoms with Crippen LogP contribution in [0.25, 0.3) is 0 Å². The predicted octanol–water partition coefficient (Wildman–Crippen LogP) is 2.28. The van der Waals surface area contributed by atoms with E-state index in [0.717, 1.165) is 5.69 Å². The first-order chi connectivity index (χ1) is 7.74. The molecule has 1 aromatic rings. The third-order valence-electron chi connectivity index (χ3n) is 2.22. The highest BCUT2D eigenvalue weighted by molar-refractivity contribution is 5.60. The molecule has 16 heavy (non-hydrogen) atoms. The molecule has 0 aromatic heterocycles. The van der Waals surface area contributed by atoms with Gasteiger partial charge in [0, 0.05) is 6.07 Å². The van der Waals surface area contributed by atoms with E-state index in [0.29, 0.717) is 17.7 Å². The van der Waals surface area contributed by atoms with E-state index in [-0.39, 0.29) is 6.04 Å². The Morgan fingerprint density at radius 2 is 2.19 bits per heavy atom. The van der Waals surface area contributed by atoms with Gasteiger partial charge in [0.2, 0.25) is 0 Å². The maximum Gasteiger partial charge on any atom is 0.143 e. The van der Waals surface area contributed by atoms with Gasteiger partial charge in [0.1, 0.15) is 11.8 Å². The molecule has 0 heterocycles. The fourth-order valence-corrected chi connectivity index (χ4v) is 1.29.